The molecule has 0 aromatic carbocycles. The molecule has 0 unspecified atom stereocenters. The van der Waals surface area contributed by atoms with Crippen LogP contribution in [0.5, 0.6) is 0 Å². The van der Waals surface area contributed by atoms with Gasteiger partial charge in [-0.05, 0) is 6.42 Å². The summed E-state index contributed by atoms with van der Waals surface area (Å²) in [5.41, 5.74) is 0. The Hall–Kier alpha value is -0.190. The van der Waals surface area contributed by atoms with Gasteiger partial charge in [0.05, 0.1) is 0 Å². The van der Waals surface area contributed by atoms with Gasteiger partial charge in [-0.3, -0.25) is 0 Å². The molecule has 60 valence electrons. The Bertz CT molecular complexity index is 127. The molecule has 0 N–H and O–H groups in total. The van der Waals surface area contributed by atoms with Crippen molar-refractivity contribution in [1.29, 1.82) is 0 Å². The highest BCUT2D eigenvalue weighted by Gasteiger charge is 2.29. The van der Waals surface area contributed by atoms with Crippen LogP contribution < -0.4 is 5.11 Å². The van der Waals surface area contributed by atoms with Crippen molar-refractivity contribution in [1.82, 2.24) is 0 Å². The van der Waals surface area contributed by atoms with Crippen LogP contribution in [-0.2, 0) is 4.79 Å². The van der Waals surface area contributed by atoms with Gasteiger partial charge in [-0.1, -0.05) is 15.9 Å². The third kappa shape index (κ3) is 3.10. The predicted molar refractivity (Wildman–Crippen MR) is 33.0 cm³/mol. The van der Waals surface area contributed by atoms with Gasteiger partial charge in [0, 0.05) is 11.8 Å². The first-order valence-corrected chi connectivity index (χ1v) is 3.78. The van der Waals surface area contributed by atoms with Crippen molar-refractivity contribution in [2.24, 2.45) is 0 Å². The van der Waals surface area contributed by atoms with Gasteiger partial charge in [-0.15, -0.1) is 0 Å². The average Bonchev–Trinajstić information content (AvgIpc) is 1.84. The smallest absolute Gasteiger partial charge is 0.287 e. The van der Waals surface area contributed by atoms with E-state index in [0.29, 0.717) is 5.33 Å². The zero-order valence-corrected chi connectivity index (χ0v) is 6.66. The van der Waals surface area contributed by atoms with Gasteiger partial charge >= 0.3 is 0 Å². The first kappa shape index (κ1) is 9.81. The number of hydrogen-bond donors (Lipinski definition) is 0. The number of carboxylic acid groups (broad SMARTS) is 1. The van der Waals surface area contributed by atoms with Gasteiger partial charge in [-0.2, -0.15) is 0 Å². The Morgan fingerprint density at radius 3 is 2.40 bits per heavy atom. The summed E-state index contributed by atoms with van der Waals surface area (Å²) in [5, 5.41) is 10.0. The van der Waals surface area contributed by atoms with Crippen LogP contribution >= 0.6 is 15.9 Å². The highest BCUT2D eigenvalue weighted by molar-refractivity contribution is 9.09. The zero-order valence-electron chi connectivity index (χ0n) is 5.07. The molecule has 0 saturated carbocycles. The van der Waals surface area contributed by atoms with Crippen molar-refractivity contribution in [2.75, 3.05) is 5.33 Å². The van der Waals surface area contributed by atoms with E-state index < -0.39 is 18.3 Å². The Labute approximate surface area is 65.4 Å². The van der Waals surface area contributed by atoms with Crippen LogP contribution in [0.15, 0.2) is 0 Å². The van der Waals surface area contributed by atoms with Crippen LogP contribution in [0, 0.1) is 0 Å². The summed E-state index contributed by atoms with van der Waals surface area (Å²) < 4.78 is 24.1. The van der Waals surface area contributed by atoms with E-state index >= 15 is 0 Å². The molecular formula is C5H6BrF2O2-. The maximum atomic E-state index is 12.1. The molecule has 0 aliphatic rings. The van der Waals surface area contributed by atoms with E-state index in [1.54, 1.807) is 0 Å². The monoisotopic (exact) mass is 215 g/mol. The molecule has 0 amide bonds. The molecule has 0 bridgehead atoms. The van der Waals surface area contributed by atoms with Gasteiger partial charge in [0.25, 0.3) is 5.92 Å². The van der Waals surface area contributed by atoms with Crippen molar-refractivity contribution < 1.29 is 18.7 Å². The van der Waals surface area contributed by atoms with E-state index in [4.69, 9.17) is 0 Å². The Kier molecular flexibility index (Phi) is 3.78. The number of aliphatic carboxylic acids is 1. The lowest BCUT2D eigenvalue weighted by Crippen LogP contribution is -2.41. The summed E-state index contributed by atoms with van der Waals surface area (Å²) in [4.78, 5) is 9.65. The van der Waals surface area contributed by atoms with Crippen LogP contribution in [0.2, 0.25) is 0 Å². The fraction of sp³-hybridized carbons (Fsp3) is 0.800. The van der Waals surface area contributed by atoms with E-state index in [-0.39, 0.29) is 6.42 Å². The minimum Gasteiger partial charge on any atom is -0.544 e. The van der Waals surface area contributed by atoms with Gasteiger partial charge in [0.15, 0.2) is 0 Å². The average molecular weight is 216 g/mol. The summed E-state index contributed by atoms with van der Waals surface area (Å²) in [6.07, 6.45) is -0.540. The first-order valence-electron chi connectivity index (χ1n) is 2.66. The molecule has 10 heavy (non-hydrogen) atoms. The van der Waals surface area contributed by atoms with E-state index in [0.717, 1.165) is 0 Å². The fourth-order valence-electron chi connectivity index (χ4n) is 0.391. The second-order valence-electron chi connectivity index (χ2n) is 1.78. The minimum atomic E-state index is -3.67. The number of rotatable bonds is 4. The SMILES string of the molecule is O=C([O-])C(F)(F)CCCBr. The summed E-state index contributed by atoms with van der Waals surface area (Å²) in [6, 6.07) is 0. The fourth-order valence-corrected chi connectivity index (χ4v) is 0.671. The standard InChI is InChI=1S/C5H7BrF2O2/c6-3-1-2-5(7,8)4(9)10/h1-3H2,(H,9,10)/p-1. The third-order valence-electron chi connectivity index (χ3n) is 0.923. The van der Waals surface area contributed by atoms with E-state index in [1.807, 2.05) is 0 Å². The molecule has 0 aromatic rings. The number of carboxylic acids is 1. The van der Waals surface area contributed by atoms with Crippen molar-refractivity contribution >= 4 is 21.9 Å². The van der Waals surface area contributed by atoms with Crippen molar-refractivity contribution in [3.8, 4) is 0 Å². The van der Waals surface area contributed by atoms with Crippen molar-refractivity contribution in [3.05, 3.63) is 0 Å². The lowest BCUT2D eigenvalue weighted by atomic mass is 10.2. The van der Waals surface area contributed by atoms with E-state index in [2.05, 4.69) is 15.9 Å². The summed E-state index contributed by atoms with van der Waals surface area (Å²) in [7, 11) is 0. The van der Waals surface area contributed by atoms with Crippen molar-refractivity contribution in [3.63, 3.8) is 0 Å². The maximum absolute atomic E-state index is 12.1. The Balaban J connectivity index is 3.75. The van der Waals surface area contributed by atoms with Crippen LogP contribution in [0.1, 0.15) is 12.8 Å². The molecule has 0 fully saturated rings. The number of carbonyl (C=O) groups is 1. The zero-order chi connectivity index (χ0) is 8.20. The first-order chi connectivity index (χ1) is 4.50. The summed E-state index contributed by atoms with van der Waals surface area (Å²) in [6.45, 7) is 0. The lowest BCUT2D eigenvalue weighted by molar-refractivity contribution is -0.329. The van der Waals surface area contributed by atoms with Gasteiger partial charge < -0.3 is 9.90 Å². The molecule has 0 rings (SSSR count). The van der Waals surface area contributed by atoms with Gasteiger partial charge in [0.1, 0.15) is 5.97 Å². The lowest BCUT2D eigenvalue weighted by Gasteiger charge is -2.15. The van der Waals surface area contributed by atoms with Crippen LogP contribution in [0.25, 0.3) is 0 Å². The second kappa shape index (κ2) is 3.85. The van der Waals surface area contributed by atoms with Gasteiger partial charge in [0.2, 0.25) is 0 Å². The number of halogens is 3. The molecular weight excluding hydrogens is 210 g/mol. The quantitative estimate of drug-likeness (QED) is 0.643. The highest BCUT2D eigenvalue weighted by Crippen LogP contribution is 2.19. The van der Waals surface area contributed by atoms with Crippen molar-refractivity contribution in [2.45, 2.75) is 18.8 Å². The highest BCUT2D eigenvalue weighted by atomic mass is 79.9. The second-order valence-corrected chi connectivity index (χ2v) is 2.58. The number of alkyl halides is 3. The van der Waals surface area contributed by atoms with Crippen LogP contribution in [-0.4, -0.2) is 17.2 Å². The topological polar surface area (TPSA) is 40.1 Å². The Morgan fingerprint density at radius 1 is 1.60 bits per heavy atom. The van der Waals surface area contributed by atoms with E-state index in [9.17, 15) is 18.7 Å². The molecule has 0 aromatic heterocycles. The largest absolute Gasteiger partial charge is 0.544 e. The number of hydrogen-bond acceptors (Lipinski definition) is 2. The maximum Gasteiger partial charge on any atom is 0.287 e. The third-order valence-corrected chi connectivity index (χ3v) is 1.48. The van der Waals surface area contributed by atoms with Gasteiger partial charge in [-0.25, -0.2) is 8.78 Å². The minimum absolute atomic E-state index is 0.126. The summed E-state index contributed by atoms with van der Waals surface area (Å²) in [5.74, 6) is -5.97. The molecule has 0 saturated heterocycles. The molecule has 0 radical (unpaired) electrons. The molecule has 0 aliphatic carbocycles. The summed E-state index contributed by atoms with van der Waals surface area (Å²) >= 11 is 2.90. The van der Waals surface area contributed by atoms with Crippen LogP contribution in [0.3, 0.4) is 0 Å². The van der Waals surface area contributed by atoms with Crippen LogP contribution in [0.4, 0.5) is 8.78 Å². The predicted octanol–water partition coefficient (Wildman–Crippen LogP) is 0.547. The molecule has 0 spiro atoms. The normalized spacial score (nSPS) is 11.5. The molecule has 2 nitrogen and oxygen atoms in total. The molecule has 0 heterocycles. The molecule has 5 heteroatoms. The Morgan fingerprint density at radius 2 is 2.10 bits per heavy atom. The molecule has 0 aliphatic heterocycles. The van der Waals surface area contributed by atoms with E-state index in [1.165, 1.54) is 0 Å². The number of carbonyl (C=O) groups excluding carboxylic acids is 1. The molecule has 0 atom stereocenters.